The number of hydrogen-bond donors (Lipinski definition) is 0. The zero-order chi connectivity index (χ0) is 15.4. The highest BCUT2D eigenvalue weighted by Crippen LogP contribution is 2.20. The van der Waals surface area contributed by atoms with Gasteiger partial charge in [0.15, 0.2) is 0 Å². The second kappa shape index (κ2) is 7.07. The predicted octanol–water partition coefficient (Wildman–Crippen LogP) is 2.37. The smallest absolute Gasteiger partial charge is 0.0945 e. The first-order chi connectivity index (χ1) is 10.7. The maximum absolute atomic E-state index is 4.19. The largest absolute Gasteiger partial charge is 0.337 e. The number of rotatable bonds is 6. The van der Waals surface area contributed by atoms with Crippen molar-refractivity contribution in [2.24, 2.45) is 13.0 Å². The van der Waals surface area contributed by atoms with Crippen LogP contribution in [-0.4, -0.2) is 46.0 Å². The summed E-state index contributed by atoms with van der Waals surface area (Å²) in [4.78, 5) is 9.20. The quantitative estimate of drug-likeness (QED) is 0.818. The van der Waals surface area contributed by atoms with Crippen LogP contribution in [0.4, 0.5) is 0 Å². The molecule has 1 aliphatic heterocycles. The minimum absolute atomic E-state index is 0.780. The lowest BCUT2D eigenvalue weighted by molar-refractivity contribution is 0.251. The van der Waals surface area contributed by atoms with Crippen molar-refractivity contribution in [3.8, 4) is 0 Å². The Hall–Kier alpha value is -1.65. The average molecular weight is 298 g/mol. The van der Waals surface area contributed by atoms with Crippen molar-refractivity contribution < 1.29 is 0 Å². The summed E-state index contributed by atoms with van der Waals surface area (Å²) in [7, 11) is 4.28. The second-order valence-corrected chi connectivity index (χ2v) is 6.57. The fourth-order valence-corrected chi connectivity index (χ4v) is 3.37. The van der Waals surface area contributed by atoms with Crippen LogP contribution in [0.3, 0.4) is 0 Å². The van der Waals surface area contributed by atoms with Gasteiger partial charge < -0.3 is 9.47 Å². The van der Waals surface area contributed by atoms with Gasteiger partial charge in [0.05, 0.1) is 12.0 Å². The summed E-state index contributed by atoms with van der Waals surface area (Å²) in [6.07, 6.45) is 5.15. The zero-order valence-electron chi connectivity index (χ0n) is 13.7. The molecule has 0 saturated carbocycles. The Balaban J connectivity index is 1.45. The Morgan fingerprint density at radius 2 is 2.09 bits per heavy atom. The molecule has 0 radical (unpaired) electrons. The van der Waals surface area contributed by atoms with Gasteiger partial charge in [-0.1, -0.05) is 30.3 Å². The molecule has 0 unspecified atom stereocenters. The zero-order valence-corrected chi connectivity index (χ0v) is 13.7. The Morgan fingerprint density at radius 1 is 1.27 bits per heavy atom. The van der Waals surface area contributed by atoms with Crippen LogP contribution in [0.5, 0.6) is 0 Å². The lowest BCUT2D eigenvalue weighted by Crippen LogP contribution is -2.28. The van der Waals surface area contributed by atoms with E-state index in [1.807, 2.05) is 12.5 Å². The molecule has 4 nitrogen and oxygen atoms in total. The molecule has 0 spiro atoms. The molecular weight excluding hydrogens is 272 g/mol. The van der Waals surface area contributed by atoms with Gasteiger partial charge in [-0.3, -0.25) is 4.90 Å². The van der Waals surface area contributed by atoms with Gasteiger partial charge in [-0.05, 0) is 31.5 Å². The van der Waals surface area contributed by atoms with Crippen molar-refractivity contribution in [2.45, 2.75) is 19.5 Å². The maximum atomic E-state index is 4.19. The van der Waals surface area contributed by atoms with Gasteiger partial charge in [0, 0.05) is 39.4 Å². The van der Waals surface area contributed by atoms with Gasteiger partial charge in [0.25, 0.3) is 0 Å². The van der Waals surface area contributed by atoms with Gasteiger partial charge in [0.1, 0.15) is 0 Å². The number of aromatic nitrogens is 2. The molecule has 1 aromatic heterocycles. The SMILES string of the molecule is CN(Cc1cncn1C)C[C@@H]1CCN(Cc2ccccc2)C1. The third kappa shape index (κ3) is 3.96. The molecule has 1 atom stereocenters. The highest BCUT2D eigenvalue weighted by molar-refractivity contribution is 5.14. The topological polar surface area (TPSA) is 24.3 Å². The molecule has 0 N–H and O–H groups in total. The van der Waals surface area contributed by atoms with Crippen LogP contribution >= 0.6 is 0 Å². The van der Waals surface area contributed by atoms with Crippen molar-refractivity contribution in [1.82, 2.24) is 19.4 Å². The van der Waals surface area contributed by atoms with Gasteiger partial charge in [-0.15, -0.1) is 0 Å². The summed E-state index contributed by atoms with van der Waals surface area (Å²) in [6.45, 7) is 5.66. The number of likely N-dealkylation sites (tertiary alicyclic amines) is 1. The van der Waals surface area contributed by atoms with Crippen LogP contribution in [0.1, 0.15) is 17.7 Å². The van der Waals surface area contributed by atoms with E-state index in [9.17, 15) is 0 Å². The van der Waals surface area contributed by atoms with E-state index in [1.165, 1.54) is 30.8 Å². The Morgan fingerprint density at radius 3 is 2.82 bits per heavy atom. The van der Waals surface area contributed by atoms with E-state index in [2.05, 4.69) is 63.8 Å². The molecule has 2 heterocycles. The molecule has 4 heteroatoms. The highest BCUT2D eigenvalue weighted by atomic mass is 15.2. The lowest BCUT2D eigenvalue weighted by atomic mass is 10.1. The second-order valence-electron chi connectivity index (χ2n) is 6.57. The third-order valence-corrected chi connectivity index (χ3v) is 4.54. The standard InChI is InChI=1S/C18H26N4/c1-20(14-18-10-19-15-21(18)2)11-17-8-9-22(13-17)12-16-6-4-3-5-7-16/h3-7,10,15,17H,8-9,11-14H2,1-2H3/t17-/m0/s1. The Bertz CT molecular complexity index is 578. The summed E-state index contributed by atoms with van der Waals surface area (Å²) < 4.78 is 2.10. The van der Waals surface area contributed by atoms with Crippen molar-refractivity contribution in [1.29, 1.82) is 0 Å². The number of imidazole rings is 1. The summed E-state index contributed by atoms with van der Waals surface area (Å²) in [5.41, 5.74) is 2.70. The third-order valence-electron chi connectivity index (χ3n) is 4.54. The summed E-state index contributed by atoms with van der Waals surface area (Å²) in [5, 5.41) is 0. The minimum Gasteiger partial charge on any atom is -0.337 e. The molecule has 0 bridgehead atoms. The average Bonchev–Trinajstić information content (AvgIpc) is 3.10. The van der Waals surface area contributed by atoms with Crippen molar-refractivity contribution in [3.63, 3.8) is 0 Å². The van der Waals surface area contributed by atoms with Gasteiger partial charge in [-0.2, -0.15) is 0 Å². The van der Waals surface area contributed by atoms with E-state index >= 15 is 0 Å². The molecule has 22 heavy (non-hydrogen) atoms. The molecule has 1 aliphatic rings. The Labute approximate surface area is 133 Å². The first kappa shape index (κ1) is 15.3. The van der Waals surface area contributed by atoms with Crippen molar-refractivity contribution in [2.75, 3.05) is 26.7 Å². The van der Waals surface area contributed by atoms with Gasteiger partial charge >= 0.3 is 0 Å². The molecule has 3 rings (SSSR count). The van der Waals surface area contributed by atoms with Crippen LogP contribution in [-0.2, 0) is 20.1 Å². The molecule has 1 aromatic carbocycles. The maximum Gasteiger partial charge on any atom is 0.0945 e. The first-order valence-corrected chi connectivity index (χ1v) is 8.10. The molecule has 1 saturated heterocycles. The predicted molar refractivity (Wildman–Crippen MR) is 89.4 cm³/mol. The van der Waals surface area contributed by atoms with E-state index in [0.29, 0.717) is 0 Å². The number of hydrogen-bond acceptors (Lipinski definition) is 3. The fourth-order valence-electron chi connectivity index (χ4n) is 3.37. The number of nitrogens with zero attached hydrogens (tertiary/aromatic N) is 4. The summed E-state index contributed by atoms with van der Waals surface area (Å²) >= 11 is 0. The van der Waals surface area contributed by atoms with E-state index in [0.717, 1.165) is 25.6 Å². The van der Waals surface area contributed by atoms with E-state index in [-0.39, 0.29) is 0 Å². The molecule has 1 fully saturated rings. The molecule has 0 amide bonds. The van der Waals surface area contributed by atoms with Crippen LogP contribution < -0.4 is 0 Å². The van der Waals surface area contributed by atoms with Gasteiger partial charge in [0.2, 0.25) is 0 Å². The van der Waals surface area contributed by atoms with E-state index in [4.69, 9.17) is 0 Å². The molecule has 118 valence electrons. The normalized spacial score (nSPS) is 19.1. The number of aryl methyl sites for hydroxylation is 1. The van der Waals surface area contributed by atoms with Crippen LogP contribution in [0.2, 0.25) is 0 Å². The van der Waals surface area contributed by atoms with Crippen LogP contribution in [0, 0.1) is 5.92 Å². The molecule has 2 aromatic rings. The lowest BCUT2D eigenvalue weighted by Gasteiger charge is -2.21. The molecular formula is C18H26N4. The molecule has 0 aliphatic carbocycles. The summed E-state index contributed by atoms with van der Waals surface area (Å²) in [5.74, 6) is 0.780. The van der Waals surface area contributed by atoms with Crippen molar-refractivity contribution in [3.05, 3.63) is 54.1 Å². The summed E-state index contributed by atoms with van der Waals surface area (Å²) in [6, 6.07) is 10.8. The fraction of sp³-hybridized carbons (Fsp3) is 0.500. The van der Waals surface area contributed by atoms with E-state index in [1.54, 1.807) is 0 Å². The van der Waals surface area contributed by atoms with Gasteiger partial charge in [-0.25, -0.2) is 4.98 Å². The minimum atomic E-state index is 0.780. The van der Waals surface area contributed by atoms with Crippen LogP contribution in [0.25, 0.3) is 0 Å². The highest BCUT2D eigenvalue weighted by Gasteiger charge is 2.23. The number of benzene rings is 1. The van der Waals surface area contributed by atoms with Crippen molar-refractivity contribution >= 4 is 0 Å². The van der Waals surface area contributed by atoms with Crippen LogP contribution in [0.15, 0.2) is 42.9 Å². The Kier molecular flexibility index (Phi) is 4.90. The van der Waals surface area contributed by atoms with E-state index < -0.39 is 0 Å². The monoisotopic (exact) mass is 298 g/mol. The first-order valence-electron chi connectivity index (χ1n) is 8.10.